The van der Waals surface area contributed by atoms with Crippen LogP contribution in [0.1, 0.15) is 26.7 Å². The first-order valence-electron chi connectivity index (χ1n) is 4.00. The molecule has 1 radical (unpaired) electrons. The molecule has 1 rings (SSSR count). The minimum Gasteiger partial charge on any atom is -0.322 e. The standard InChI is InChI=1S/C8H14N3/c1-3-4-8(2)10-11-6-5-9-7-11/h5-6,8,10H,3-4H2,1-2H3. The summed E-state index contributed by atoms with van der Waals surface area (Å²) in [5.41, 5.74) is 3.22. The average Bonchev–Trinajstić information content (AvgIpc) is 2.40. The number of aromatic nitrogens is 2. The van der Waals surface area contributed by atoms with Crippen LogP contribution in [0.25, 0.3) is 0 Å². The highest BCUT2D eigenvalue weighted by Gasteiger charge is 1.97. The maximum atomic E-state index is 3.81. The molecule has 0 aliphatic carbocycles. The quantitative estimate of drug-likeness (QED) is 0.707. The van der Waals surface area contributed by atoms with E-state index in [1.54, 1.807) is 10.9 Å². The average molecular weight is 152 g/mol. The van der Waals surface area contributed by atoms with Crippen LogP contribution in [0.3, 0.4) is 0 Å². The van der Waals surface area contributed by atoms with Gasteiger partial charge in [-0.05, 0) is 13.3 Å². The Labute approximate surface area is 67.4 Å². The number of nitrogens with one attached hydrogen (secondary N) is 1. The van der Waals surface area contributed by atoms with Gasteiger partial charge in [-0.2, -0.15) is 0 Å². The third-order valence-corrected chi connectivity index (χ3v) is 1.54. The molecule has 0 spiro atoms. The van der Waals surface area contributed by atoms with Gasteiger partial charge in [0.2, 0.25) is 0 Å². The fraction of sp³-hybridized carbons (Fsp3) is 0.625. The van der Waals surface area contributed by atoms with Crippen molar-refractivity contribution in [2.24, 2.45) is 0 Å². The first kappa shape index (κ1) is 8.11. The van der Waals surface area contributed by atoms with Gasteiger partial charge in [-0.1, -0.05) is 13.3 Å². The van der Waals surface area contributed by atoms with Crippen molar-refractivity contribution < 1.29 is 0 Å². The molecular weight excluding hydrogens is 138 g/mol. The summed E-state index contributed by atoms with van der Waals surface area (Å²) >= 11 is 0. The first-order valence-corrected chi connectivity index (χ1v) is 4.00. The number of hydrogen-bond acceptors (Lipinski definition) is 2. The molecule has 3 heteroatoms. The van der Waals surface area contributed by atoms with Gasteiger partial charge < -0.3 is 5.43 Å². The molecule has 1 heterocycles. The number of nitrogens with zero attached hydrogens (tertiary/aromatic N) is 2. The third kappa shape index (κ3) is 2.62. The highest BCUT2D eigenvalue weighted by atomic mass is 15.4. The second-order valence-corrected chi connectivity index (χ2v) is 2.72. The summed E-state index contributed by atoms with van der Waals surface area (Å²) in [6, 6.07) is 0.491. The van der Waals surface area contributed by atoms with Crippen molar-refractivity contribution in [3.8, 4) is 0 Å². The number of hydrogen-bond donors (Lipinski definition) is 1. The Morgan fingerprint density at radius 2 is 2.55 bits per heavy atom. The molecular formula is C8H14N3. The molecule has 1 aromatic heterocycles. The van der Waals surface area contributed by atoms with Crippen molar-refractivity contribution in [2.75, 3.05) is 5.43 Å². The maximum Gasteiger partial charge on any atom is 0.196 e. The Kier molecular flexibility index (Phi) is 2.95. The van der Waals surface area contributed by atoms with Gasteiger partial charge in [0.05, 0.1) is 0 Å². The monoisotopic (exact) mass is 152 g/mol. The highest BCUT2D eigenvalue weighted by molar-refractivity contribution is 4.82. The maximum absolute atomic E-state index is 3.81. The van der Waals surface area contributed by atoms with Crippen molar-refractivity contribution in [3.05, 3.63) is 18.7 Å². The summed E-state index contributed by atoms with van der Waals surface area (Å²) in [4.78, 5) is 3.81. The topological polar surface area (TPSA) is 29.9 Å². The summed E-state index contributed by atoms with van der Waals surface area (Å²) in [7, 11) is 0. The lowest BCUT2D eigenvalue weighted by Crippen LogP contribution is -2.23. The molecule has 3 nitrogen and oxygen atoms in total. The molecule has 1 aromatic rings. The second kappa shape index (κ2) is 4.01. The van der Waals surface area contributed by atoms with E-state index in [1.165, 1.54) is 12.8 Å². The Hall–Kier alpha value is -0.990. The van der Waals surface area contributed by atoms with Gasteiger partial charge in [0.1, 0.15) is 0 Å². The Balaban J connectivity index is 2.31. The van der Waals surface area contributed by atoms with Gasteiger partial charge in [-0.3, -0.25) is 0 Å². The molecule has 0 aliphatic rings. The number of imidazole rings is 1. The molecule has 11 heavy (non-hydrogen) atoms. The molecule has 0 amide bonds. The van der Waals surface area contributed by atoms with Crippen LogP contribution < -0.4 is 5.43 Å². The third-order valence-electron chi connectivity index (χ3n) is 1.54. The van der Waals surface area contributed by atoms with E-state index in [0.29, 0.717) is 6.04 Å². The lowest BCUT2D eigenvalue weighted by molar-refractivity contribution is 0.620. The Bertz CT molecular complexity index is 181. The van der Waals surface area contributed by atoms with E-state index < -0.39 is 0 Å². The minimum absolute atomic E-state index is 0.491. The van der Waals surface area contributed by atoms with Gasteiger partial charge in [0, 0.05) is 18.4 Å². The molecule has 0 saturated carbocycles. The van der Waals surface area contributed by atoms with Crippen LogP contribution in [0.5, 0.6) is 0 Å². The van der Waals surface area contributed by atoms with Crippen molar-refractivity contribution in [1.29, 1.82) is 0 Å². The summed E-state index contributed by atoms with van der Waals surface area (Å²) in [5, 5.41) is 0. The Morgan fingerprint density at radius 1 is 1.73 bits per heavy atom. The zero-order valence-corrected chi connectivity index (χ0v) is 7.04. The van der Waals surface area contributed by atoms with E-state index in [2.05, 4.69) is 30.6 Å². The lowest BCUT2D eigenvalue weighted by Gasteiger charge is -2.13. The molecule has 0 aromatic carbocycles. The zero-order chi connectivity index (χ0) is 8.10. The predicted octanol–water partition coefficient (Wildman–Crippen LogP) is 1.42. The van der Waals surface area contributed by atoms with Crippen molar-refractivity contribution in [1.82, 2.24) is 9.66 Å². The predicted molar refractivity (Wildman–Crippen MR) is 44.8 cm³/mol. The van der Waals surface area contributed by atoms with E-state index >= 15 is 0 Å². The minimum atomic E-state index is 0.491. The molecule has 0 saturated heterocycles. The Morgan fingerprint density at radius 3 is 3.09 bits per heavy atom. The normalized spacial score (nSPS) is 12.9. The van der Waals surface area contributed by atoms with Crippen LogP contribution in [0.15, 0.2) is 12.4 Å². The van der Waals surface area contributed by atoms with Crippen LogP contribution in [-0.4, -0.2) is 15.7 Å². The SMILES string of the molecule is CCCC(C)Nn1[c]ncc1. The lowest BCUT2D eigenvalue weighted by atomic mass is 10.2. The number of rotatable bonds is 4. The molecule has 1 N–H and O–H groups in total. The largest absolute Gasteiger partial charge is 0.322 e. The second-order valence-electron chi connectivity index (χ2n) is 2.72. The smallest absolute Gasteiger partial charge is 0.196 e. The van der Waals surface area contributed by atoms with E-state index in [-0.39, 0.29) is 0 Å². The molecule has 0 aliphatic heterocycles. The van der Waals surface area contributed by atoms with Gasteiger partial charge in [0.25, 0.3) is 0 Å². The van der Waals surface area contributed by atoms with Gasteiger partial charge in [-0.25, -0.2) is 9.66 Å². The van der Waals surface area contributed by atoms with Gasteiger partial charge in [-0.15, -0.1) is 0 Å². The summed E-state index contributed by atoms with van der Waals surface area (Å²) < 4.78 is 1.76. The molecule has 0 bridgehead atoms. The molecule has 61 valence electrons. The van der Waals surface area contributed by atoms with E-state index in [1.807, 2.05) is 6.20 Å². The van der Waals surface area contributed by atoms with E-state index in [4.69, 9.17) is 0 Å². The molecule has 0 fully saturated rings. The molecule has 1 atom stereocenters. The van der Waals surface area contributed by atoms with Crippen LogP contribution in [0.4, 0.5) is 0 Å². The van der Waals surface area contributed by atoms with Gasteiger partial charge >= 0.3 is 0 Å². The van der Waals surface area contributed by atoms with E-state index in [9.17, 15) is 0 Å². The highest BCUT2D eigenvalue weighted by Crippen LogP contribution is 1.96. The zero-order valence-electron chi connectivity index (χ0n) is 7.04. The van der Waals surface area contributed by atoms with Crippen molar-refractivity contribution >= 4 is 0 Å². The molecule has 1 unspecified atom stereocenters. The summed E-state index contributed by atoms with van der Waals surface area (Å²) in [5.74, 6) is 0. The van der Waals surface area contributed by atoms with Crippen LogP contribution in [0.2, 0.25) is 0 Å². The van der Waals surface area contributed by atoms with Crippen molar-refractivity contribution in [2.45, 2.75) is 32.7 Å². The van der Waals surface area contributed by atoms with E-state index in [0.717, 1.165) is 0 Å². The fourth-order valence-corrected chi connectivity index (χ4v) is 1.04. The summed E-state index contributed by atoms with van der Waals surface area (Å²) in [6.45, 7) is 4.33. The summed E-state index contributed by atoms with van der Waals surface area (Å²) in [6.07, 6.45) is 8.72. The van der Waals surface area contributed by atoms with Crippen LogP contribution in [0, 0.1) is 6.33 Å². The van der Waals surface area contributed by atoms with Crippen LogP contribution >= 0.6 is 0 Å². The first-order chi connectivity index (χ1) is 5.33. The fourth-order valence-electron chi connectivity index (χ4n) is 1.04. The van der Waals surface area contributed by atoms with Crippen molar-refractivity contribution in [3.63, 3.8) is 0 Å². The van der Waals surface area contributed by atoms with Gasteiger partial charge in [0.15, 0.2) is 6.33 Å². The van der Waals surface area contributed by atoms with Crippen LogP contribution in [-0.2, 0) is 0 Å².